The molecule has 3 aromatic rings. The number of benzene rings is 2. The minimum Gasteiger partial charge on any atom is -0.326 e. The van der Waals surface area contributed by atoms with Crippen molar-refractivity contribution in [3.8, 4) is 11.1 Å². The van der Waals surface area contributed by atoms with E-state index in [2.05, 4.69) is 33.0 Å². The SMILES string of the molecule is O=C1Cc2cc(-c3ccc(F)c(CN4CCNCC4c4cccs4)c3)ccc2N1. The number of carbonyl (C=O) groups is 1. The van der Waals surface area contributed by atoms with Crippen molar-refractivity contribution in [1.29, 1.82) is 0 Å². The molecule has 6 heteroatoms. The van der Waals surface area contributed by atoms with Gasteiger partial charge in [-0.2, -0.15) is 0 Å². The van der Waals surface area contributed by atoms with E-state index in [0.29, 0.717) is 18.5 Å². The molecular weight excluding hydrogens is 385 g/mol. The van der Waals surface area contributed by atoms with Crippen molar-refractivity contribution < 1.29 is 9.18 Å². The van der Waals surface area contributed by atoms with Gasteiger partial charge in [0.1, 0.15) is 5.82 Å². The standard InChI is InChI=1S/C23H22FN3OS/c24-19-5-3-15(16-4-6-20-17(10-16)12-23(28)26-20)11-18(19)14-27-8-7-25-13-21(27)22-2-1-9-29-22/h1-6,9-11,21,25H,7-8,12-14H2,(H,26,28). The Labute approximate surface area is 173 Å². The Morgan fingerprint density at radius 1 is 1.14 bits per heavy atom. The van der Waals surface area contributed by atoms with E-state index >= 15 is 0 Å². The van der Waals surface area contributed by atoms with Crippen LogP contribution < -0.4 is 10.6 Å². The van der Waals surface area contributed by atoms with Crippen LogP contribution in [-0.4, -0.2) is 30.4 Å². The summed E-state index contributed by atoms with van der Waals surface area (Å²) in [4.78, 5) is 15.3. The van der Waals surface area contributed by atoms with Gasteiger partial charge in [0.25, 0.3) is 0 Å². The summed E-state index contributed by atoms with van der Waals surface area (Å²) < 4.78 is 14.7. The van der Waals surface area contributed by atoms with Gasteiger partial charge in [-0.1, -0.05) is 18.2 Å². The third-order valence-corrected chi connectivity index (χ3v) is 6.68. The summed E-state index contributed by atoms with van der Waals surface area (Å²) in [5.41, 5.74) is 4.57. The van der Waals surface area contributed by atoms with E-state index in [9.17, 15) is 9.18 Å². The van der Waals surface area contributed by atoms with E-state index in [4.69, 9.17) is 0 Å². The third kappa shape index (κ3) is 3.71. The molecule has 0 radical (unpaired) electrons. The fraction of sp³-hybridized carbons (Fsp3) is 0.261. The maximum atomic E-state index is 14.7. The summed E-state index contributed by atoms with van der Waals surface area (Å²) in [6.07, 6.45) is 0.403. The van der Waals surface area contributed by atoms with Crippen LogP contribution in [0.25, 0.3) is 11.1 Å². The lowest BCUT2D eigenvalue weighted by Crippen LogP contribution is -2.45. The first-order chi connectivity index (χ1) is 14.2. The highest BCUT2D eigenvalue weighted by molar-refractivity contribution is 7.10. The number of amides is 1. The Morgan fingerprint density at radius 3 is 2.86 bits per heavy atom. The highest BCUT2D eigenvalue weighted by atomic mass is 32.1. The minimum atomic E-state index is -0.171. The molecule has 1 aromatic heterocycles. The molecule has 148 valence electrons. The molecule has 0 spiro atoms. The lowest BCUT2D eigenvalue weighted by Gasteiger charge is -2.35. The number of thiophene rings is 1. The summed E-state index contributed by atoms with van der Waals surface area (Å²) in [5.74, 6) is -0.148. The van der Waals surface area contributed by atoms with Crippen molar-refractivity contribution in [2.24, 2.45) is 0 Å². The molecule has 2 N–H and O–H groups in total. The zero-order chi connectivity index (χ0) is 19.8. The van der Waals surface area contributed by atoms with Crippen molar-refractivity contribution in [2.45, 2.75) is 19.0 Å². The Balaban J connectivity index is 1.43. The number of halogens is 1. The average Bonchev–Trinajstić information content (AvgIpc) is 3.38. The Kier molecular flexibility index (Phi) is 4.91. The third-order valence-electron chi connectivity index (χ3n) is 5.71. The van der Waals surface area contributed by atoms with E-state index in [1.165, 1.54) is 4.88 Å². The Hall–Kier alpha value is -2.54. The number of rotatable bonds is 4. The molecule has 0 saturated carbocycles. The van der Waals surface area contributed by atoms with E-state index in [0.717, 1.165) is 42.0 Å². The van der Waals surface area contributed by atoms with Gasteiger partial charge in [-0.3, -0.25) is 9.69 Å². The van der Waals surface area contributed by atoms with Gasteiger partial charge in [0.15, 0.2) is 0 Å². The minimum absolute atomic E-state index is 0.0234. The lowest BCUT2D eigenvalue weighted by atomic mass is 9.99. The first-order valence-electron chi connectivity index (χ1n) is 9.87. The summed E-state index contributed by atoms with van der Waals surface area (Å²) >= 11 is 1.75. The van der Waals surface area contributed by atoms with Crippen molar-refractivity contribution in [3.05, 3.63) is 75.7 Å². The molecule has 1 atom stereocenters. The smallest absolute Gasteiger partial charge is 0.228 e. The van der Waals surface area contributed by atoms with Gasteiger partial charge >= 0.3 is 0 Å². The molecule has 2 aromatic carbocycles. The number of piperazine rings is 1. The van der Waals surface area contributed by atoms with Crippen LogP contribution in [0.15, 0.2) is 53.9 Å². The molecule has 4 nitrogen and oxygen atoms in total. The van der Waals surface area contributed by atoms with Crippen molar-refractivity contribution >= 4 is 22.9 Å². The predicted molar refractivity (Wildman–Crippen MR) is 115 cm³/mol. The van der Waals surface area contributed by atoms with E-state index in [1.807, 2.05) is 30.3 Å². The quantitative estimate of drug-likeness (QED) is 0.682. The Morgan fingerprint density at radius 2 is 2.00 bits per heavy atom. The zero-order valence-electron chi connectivity index (χ0n) is 16.0. The van der Waals surface area contributed by atoms with Crippen LogP contribution in [0.1, 0.15) is 22.0 Å². The molecule has 0 bridgehead atoms. The van der Waals surface area contributed by atoms with Gasteiger partial charge in [0.2, 0.25) is 5.91 Å². The van der Waals surface area contributed by atoms with Crippen molar-refractivity contribution in [1.82, 2.24) is 10.2 Å². The molecule has 1 amide bonds. The number of fused-ring (bicyclic) bond motifs is 1. The molecule has 1 fully saturated rings. The van der Waals surface area contributed by atoms with Crippen LogP contribution in [0.2, 0.25) is 0 Å². The second-order valence-corrected chi connectivity index (χ2v) is 8.59. The highest BCUT2D eigenvalue weighted by Gasteiger charge is 2.25. The average molecular weight is 408 g/mol. The largest absolute Gasteiger partial charge is 0.326 e. The van der Waals surface area contributed by atoms with Gasteiger partial charge in [-0.25, -0.2) is 4.39 Å². The molecule has 0 aliphatic carbocycles. The number of carbonyl (C=O) groups excluding carboxylic acids is 1. The summed E-state index contributed by atoms with van der Waals surface area (Å²) in [7, 11) is 0. The van der Waals surface area contributed by atoms with Gasteiger partial charge < -0.3 is 10.6 Å². The maximum Gasteiger partial charge on any atom is 0.228 e. The summed E-state index contributed by atoms with van der Waals surface area (Å²) in [6, 6.07) is 15.8. The van der Waals surface area contributed by atoms with Crippen LogP contribution in [0.4, 0.5) is 10.1 Å². The molecule has 29 heavy (non-hydrogen) atoms. The van der Waals surface area contributed by atoms with Crippen LogP contribution in [-0.2, 0) is 17.8 Å². The second kappa shape index (κ2) is 7.71. The van der Waals surface area contributed by atoms with Crippen LogP contribution in [0, 0.1) is 5.82 Å². The molecule has 1 saturated heterocycles. The molecule has 3 heterocycles. The number of nitrogens with zero attached hydrogens (tertiary/aromatic N) is 1. The topological polar surface area (TPSA) is 44.4 Å². The van der Waals surface area contributed by atoms with Crippen LogP contribution >= 0.6 is 11.3 Å². The molecular formula is C23H22FN3OS. The molecule has 2 aliphatic heterocycles. The molecule has 2 aliphatic rings. The first-order valence-corrected chi connectivity index (χ1v) is 10.7. The van der Waals surface area contributed by atoms with Crippen molar-refractivity contribution in [3.63, 3.8) is 0 Å². The predicted octanol–water partition coefficient (Wildman–Crippen LogP) is 4.20. The molecule has 5 rings (SSSR count). The summed E-state index contributed by atoms with van der Waals surface area (Å²) in [5, 5.41) is 8.41. The van der Waals surface area contributed by atoms with Crippen LogP contribution in [0.3, 0.4) is 0 Å². The monoisotopic (exact) mass is 407 g/mol. The number of anilines is 1. The van der Waals surface area contributed by atoms with Gasteiger partial charge in [-0.05, 0) is 52.4 Å². The fourth-order valence-electron chi connectivity index (χ4n) is 4.20. The fourth-order valence-corrected chi connectivity index (χ4v) is 5.06. The lowest BCUT2D eigenvalue weighted by molar-refractivity contribution is -0.115. The molecule has 1 unspecified atom stereocenters. The van der Waals surface area contributed by atoms with Crippen LogP contribution in [0.5, 0.6) is 0 Å². The number of nitrogens with one attached hydrogen (secondary N) is 2. The van der Waals surface area contributed by atoms with Gasteiger partial charge in [0.05, 0.1) is 12.5 Å². The summed E-state index contributed by atoms with van der Waals surface area (Å²) in [6.45, 7) is 3.26. The van der Waals surface area contributed by atoms with E-state index in [-0.39, 0.29) is 17.8 Å². The number of hydrogen-bond donors (Lipinski definition) is 2. The number of hydrogen-bond acceptors (Lipinski definition) is 4. The maximum absolute atomic E-state index is 14.7. The van der Waals surface area contributed by atoms with E-state index in [1.54, 1.807) is 17.4 Å². The Bertz CT molecular complexity index is 1050. The zero-order valence-corrected chi connectivity index (χ0v) is 16.8. The highest BCUT2D eigenvalue weighted by Crippen LogP contribution is 2.32. The van der Waals surface area contributed by atoms with Crippen molar-refractivity contribution in [2.75, 3.05) is 25.0 Å². The van der Waals surface area contributed by atoms with Gasteiger partial charge in [0, 0.05) is 42.3 Å². The van der Waals surface area contributed by atoms with Gasteiger partial charge in [-0.15, -0.1) is 11.3 Å². The first kappa shape index (κ1) is 18.5. The normalized spacial score (nSPS) is 19.2. The van der Waals surface area contributed by atoms with E-state index < -0.39 is 0 Å². The second-order valence-electron chi connectivity index (χ2n) is 7.61.